The lowest BCUT2D eigenvalue weighted by molar-refractivity contribution is -0.247. The number of hydrogen-bond acceptors (Lipinski definition) is 7. The van der Waals surface area contributed by atoms with E-state index in [9.17, 15) is 4.79 Å². The van der Waals surface area contributed by atoms with E-state index in [1.807, 2.05) is 45.0 Å². The third kappa shape index (κ3) is 2.74. The SMILES string of the molecule is CCc1ccc(C(=O)Nc2ccc3c(c2)C2(COC(N)=N2)C2(COC2)C(C)(C)O3)nc1. The van der Waals surface area contributed by atoms with Crippen molar-refractivity contribution < 1.29 is 19.0 Å². The number of benzene rings is 1. The molecule has 1 saturated heterocycles. The van der Waals surface area contributed by atoms with E-state index in [-0.39, 0.29) is 11.9 Å². The molecule has 2 aromatic rings. The van der Waals surface area contributed by atoms with Crippen LogP contribution >= 0.6 is 0 Å². The van der Waals surface area contributed by atoms with Crippen LogP contribution in [0.1, 0.15) is 42.4 Å². The molecule has 3 N–H and O–H groups in total. The first-order valence-electron chi connectivity index (χ1n) is 10.5. The summed E-state index contributed by atoms with van der Waals surface area (Å²) in [5, 5.41) is 2.94. The van der Waals surface area contributed by atoms with Gasteiger partial charge in [0.1, 0.15) is 29.2 Å². The van der Waals surface area contributed by atoms with Gasteiger partial charge in [-0.3, -0.25) is 9.78 Å². The number of amidine groups is 1. The minimum atomic E-state index is -0.742. The largest absolute Gasteiger partial charge is 0.487 e. The molecule has 2 spiro atoms. The standard InChI is InChI=1S/C23H26N4O4/c1-4-14-5-7-17(25-10-14)19(28)26-15-6-8-18-16(9-15)23(13-30-20(24)27-23)22(11-29-12-22)21(2,3)31-18/h5-10H,4,11-13H2,1-3H3,(H2,24,27)(H,26,28). The quantitative estimate of drug-likeness (QED) is 0.787. The van der Waals surface area contributed by atoms with Crippen molar-refractivity contribution in [3.05, 3.63) is 53.3 Å². The lowest BCUT2D eigenvalue weighted by Gasteiger charge is -2.61. The van der Waals surface area contributed by atoms with Gasteiger partial charge in [0.05, 0.1) is 18.6 Å². The molecule has 0 radical (unpaired) electrons. The zero-order valence-corrected chi connectivity index (χ0v) is 17.9. The van der Waals surface area contributed by atoms with Crippen molar-refractivity contribution in [3.63, 3.8) is 0 Å². The predicted octanol–water partition coefficient (Wildman–Crippen LogP) is 2.62. The number of pyridine rings is 1. The Kier molecular flexibility index (Phi) is 4.27. The molecule has 1 unspecified atom stereocenters. The lowest BCUT2D eigenvalue weighted by Crippen LogP contribution is -2.71. The Labute approximate surface area is 180 Å². The van der Waals surface area contributed by atoms with E-state index in [1.165, 1.54) is 0 Å². The number of aromatic nitrogens is 1. The highest BCUT2D eigenvalue weighted by Gasteiger charge is 2.71. The molecule has 1 aromatic carbocycles. The fourth-order valence-corrected chi connectivity index (χ4v) is 4.82. The summed E-state index contributed by atoms with van der Waals surface area (Å²) in [6.45, 7) is 7.43. The lowest BCUT2D eigenvalue weighted by atomic mass is 9.55. The van der Waals surface area contributed by atoms with E-state index in [2.05, 4.69) is 10.3 Å². The van der Waals surface area contributed by atoms with Crippen molar-refractivity contribution in [2.45, 2.75) is 38.3 Å². The van der Waals surface area contributed by atoms with Gasteiger partial charge < -0.3 is 25.3 Å². The van der Waals surface area contributed by atoms with Crippen molar-refractivity contribution in [3.8, 4) is 5.75 Å². The van der Waals surface area contributed by atoms with Crippen LogP contribution in [-0.2, 0) is 21.4 Å². The number of aliphatic imine (C=N–C) groups is 1. The van der Waals surface area contributed by atoms with Crippen LogP contribution in [0.15, 0.2) is 41.5 Å². The van der Waals surface area contributed by atoms with E-state index in [4.69, 9.17) is 24.9 Å². The average molecular weight is 422 g/mol. The highest BCUT2D eigenvalue weighted by atomic mass is 16.5. The first kappa shape index (κ1) is 19.8. The van der Waals surface area contributed by atoms with Gasteiger partial charge in [0.2, 0.25) is 0 Å². The number of carbonyl (C=O) groups is 1. The number of anilines is 1. The molecule has 0 saturated carbocycles. The van der Waals surface area contributed by atoms with Gasteiger partial charge in [-0.1, -0.05) is 13.0 Å². The Hall–Kier alpha value is -3.13. The van der Waals surface area contributed by atoms with Crippen LogP contribution in [0.25, 0.3) is 0 Å². The van der Waals surface area contributed by atoms with Crippen molar-refractivity contribution in [1.82, 2.24) is 4.98 Å². The third-order valence-corrected chi connectivity index (χ3v) is 6.88. The molecule has 1 amide bonds. The van der Waals surface area contributed by atoms with Crippen LogP contribution in [0.5, 0.6) is 5.75 Å². The molecule has 8 heteroatoms. The number of aryl methyl sites for hydroxylation is 1. The monoisotopic (exact) mass is 422 g/mol. The Balaban J connectivity index is 1.53. The van der Waals surface area contributed by atoms with Gasteiger partial charge in [0.15, 0.2) is 0 Å². The average Bonchev–Trinajstić information content (AvgIpc) is 3.09. The second kappa shape index (κ2) is 6.68. The Morgan fingerprint density at radius 1 is 1.19 bits per heavy atom. The first-order chi connectivity index (χ1) is 14.8. The molecule has 1 fully saturated rings. The van der Waals surface area contributed by atoms with Crippen molar-refractivity contribution >= 4 is 17.6 Å². The van der Waals surface area contributed by atoms with E-state index >= 15 is 0 Å². The summed E-state index contributed by atoms with van der Waals surface area (Å²) in [4.78, 5) is 21.8. The highest BCUT2D eigenvalue weighted by molar-refractivity contribution is 6.03. The number of nitrogens with zero attached hydrogens (tertiary/aromatic N) is 2. The van der Waals surface area contributed by atoms with Crippen LogP contribution in [0, 0.1) is 5.41 Å². The van der Waals surface area contributed by atoms with Crippen LogP contribution < -0.4 is 15.8 Å². The topological polar surface area (TPSA) is 108 Å². The van der Waals surface area contributed by atoms with Gasteiger partial charge in [-0.25, -0.2) is 4.99 Å². The number of rotatable bonds is 3. The number of nitrogens with one attached hydrogen (secondary N) is 1. The maximum absolute atomic E-state index is 12.7. The molecule has 4 heterocycles. The predicted molar refractivity (Wildman–Crippen MR) is 115 cm³/mol. The highest BCUT2D eigenvalue weighted by Crippen LogP contribution is 2.62. The Morgan fingerprint density at radius 2 is 2.00 bits per heavy atom. The van der Waals surface area contributed by atoms with Crippen LogP contribution in [-0.4, -0.2) is 42.3 Å². The Morgan fingerprint density at radius 3 is 2.58 bits per heavy atom. The summed E-state index contributed by atoms with van der Waals surface area (Å²) in [5.41, 5.74) is 7.18. The molecule has 5 rings (SSSR count). The molecule has 1 aromatic heterocycles. The molecule has 3 aliphatic rings. The summed E-state index contributed by atoms with van der Waals surface area (Å²) in [6.07, 6.45) is 2.59. The zero-order valence-electron chi connectivity index (χ0n) is 17.9. The summed E-state index contributed by atoms with van der Waals surface area (Å²) in [6, 6.07) is 9.37. The summed E-state index contributed by atoms with van der Waals surface area (Å²) in [7, 11) is 0. The number of fused-ring (bicyclic) bond motifs is 3. The Bertz CT molecular complexity index is 1080. The van der Waals surface area contributed by atoms with Gasteiger partial charge in [-0.2, -0.15) is 0 Å². The smallest absolute Gasteiger partial charge is 0.283 e. The van der Waals surface area contributed by atoms with E-state index in [0.717, 1.165) is 17.5 Å². The van der Waals surface area contributed by atoms with Gasteiger partial charge in [-0.05, 0) is 50.1 Å². The van der Waals surface area contributed by atoms with E-state index < -0.39 is 16.6 Å². The zero-order chi connectivity index (χ0) is 21.9. The molecule has 0 bridgehead atoms. The molecule has 8 nitrogen and oxygen atoms in total. The normalized spacial score (nSPS) is 24.5. The molecule has 1 atom stereocenters. The van der Waals surface area contributed by atoms with Gasteiger partial charge >= 0.3 is 0 Å². The fourth-order valence-electron chi connectivity index (χ4n) is 4.82. The minimum Gasteiger partial charge on any atom is -0.487 e. The second-order valence-corrected chi connectivity index (χ2v) is 8.86. The number of nitrogens with two attached hydrogens (primary N) is 1. The number of hydrogen-bond donors (Lipinski definition) is 2. The number of carbonyl (C=O) groups excluding carboxylic acids is 1. The number of amides is 1. The summed E-state index contributed by atoms with van der Waals surface area (Å²) < 4.78 is 17.7. The minimum absolute atomic E-state index is 0.157. The summed E-state index contributed by atoms with van der Waals surface area (Å²) in [5.74, 6) is 0.425. The van der Waals surface area contributed by atoms with Crippen LogP contribution in [0.4, 0.5) is 5.69 Å². The van der Waals surface area contributed by atoms with Gasteiger partial charge in [0.25, 0.3) is 11.9 Å². The molecule has 162 valence electrons. The molecular weight excluding hydrogens is 396 g/mol. The van der Waals surface area contributed by atoms with Crippen molar-refractivity contribution in [2.75, 3.05) is 25.1 Å². The molecular formula is C23H26N4O4. The maximum Gasteiger partial charge on any atom is 0.283 e. The van der Waals surface area contributed by atoms with Gasteiger partial charge in [-0.15, -0.1) is 0 Å². The maximum atomic E-state index is 12.7. The van der Waals surface area contributed by atoms with Crippen molar-refractivity contribution in [2.24, 2.45) is 16.1 Å². The van der Waals surface area contributed by atoms with Gasteiger partial charge in [0, 0.05) is 17.4 Å². The van der Waals surface area contributed by atoms with Crippen molar-refractivity contribution in [1.29, 1.82) is 0 Å². The first-order valence-corrected chi connectivity index (χ1v) is 10.5. The number of ether oxygens (including phenoxy) is 3. The molecule has 0 aliphatic carbocycles. The molecule has 3 aliphatic heterocycles. The second-order valence-electron chi connectivity index (χ2n) is 8.86. The summed E-state index contributed by atoms with van der Waals surface area (Å²) >= 11 is 0. The third-order valence-electron chi connectivity index (χ3n) is 6.88. The van der Waals surface area contributed by atoms with E-state index in [0.29, 0.717) is 37.0 Å². The van der Waals surface area contributed by atoms with E-state index in [1.54, 1.807) is 12.3 Å². The molecule has 31 heavy (non-hydrogen) atoms. The van der Waals surface area contributed by atoms with Crippen LogP contribution in [0.3, 0.4) is 0 Å². The van der Waals surface area contributed by atoms with Crippen LogP contribution in [0.2, 0.25) is 0 Å². The fraction of sp³-hybridized carbons (Fsp3) is 0.435.